The summed E-state index contributed by atoms with van der Waals surface area (Å²) in [4.78, 5) is 15.1. The number of aromatic nitrogens is 1. The molecule has 7 heteroatoms. The van der Waals surface area contributed by atoms with Gasteiger partial charge in [0.2, 0.25) is 0 Å². The number of amides is 1. The second-order valence-corrected chi connectivity index (χ2v) is 8.11. The average molecular weight is 467 g/mol. The van der Waals surface area contributed by atoms with E-state index in [0.29, 0.717) is 30.8 Å². The molecule has 0 N–H and O–H groups in total. The Morgan fingerprint density at radius 3 is 2.50 bits per heavy atom. The lowest BCUT2D eigenvalue weighted by atomic mass is 10.1. The van der Waals surface area contributed by atoms with Gasteiger partial charge in [0.05, 0.1) is 18.7 Å². The molecule has 0 fully saturated rings. The predicted octanol–water partition coefficient (Wildman–Crippen LogP) is 6.00. The molecule has 0 aliphatic rings. The first-order valence-corrected chi connectivity index (χ1v) is 10.9. The van der Waals surface area contributed by atoms with Crippen LogP contribution in [0.2, 0.25) is 0 Å². The zero-order valence-electron chi connectivity index (χ0n) is 18.8. The van der Waals surface area contributed by atoms with Gasteiger partial charge in [0.1, 0.15) is 0 Å². The lowest BCUT2D eigenvalue weighted by Crippen LogP contribution is -2.34. The quantitative estimate of drug-likeness (QED) is 0.319. The van der Waals surface area contributed by atoms with Gasteiger partial charge in [0.25, 0.3) is 5.91 Å². The number of ether oxygens (including phenoxy) is 1. The van der Waals surface area contributed by atoms with Crippen molar-refractivity contribution in [2.24, 2.45) is 0 Å². The van der Waals surface area contributed by atoms with Crippen LogP contribution in [0.1, 0.15) is 27.2 Å². The molecule has 1 heterocycles. The van der Waals surface area contributed by atoms with E-state index in [0.717, 1.165) is 28.6 Å². The molecular weight excluding hydrogens is 441 g/mol. The van der Waals surface area contributed by atoms with E-state index in [4.69, 9.17) is 4.74 Å². The summed E-state index contributed by atoms with van der Waals surface area (Å²) in [7, 11) is 1.58. The van der Waals surface area contributed by atoms with Gasteiger partial charge < -0.3 is 14.2 Å². The van der Waals surface area contributed by atoms with E-state index in [1.165, 1.54) is 6.07 Å². The zero-order chi connectivity index (χ0) is 24.1. The molecule has 4 aromatic rings. The van der Waals surface area contributed by atoms with Crippen molar-refractivity contribution in [3.63, 3.8) is 0 Å². The molecule has 0 saturated heterocycles. The van der Waals surface area contributed by atoms with Crippen LogP contribution in [0.15, 0.2) is 85.1 Å². The fourth-order valence-electron chi connectivity index (χ4n) is 3.94. The van der Waals surface area contributed by atoms with E-state index in [1.54, 1.807) is 18.1 Å². The van der Waals surface area contributed by atoms with Gasteiger partial charge >= 0.3 is 6.18 Å². The third-order valence-electron chi connectivity index (χ3n) is 5.73. The van der Waals surface area contributed by atoms with Gasteiger partial charge in [-0.15, -0.1) is 0 Å². The first kappa shape index (κ1) is 23.6. The minimum atomic E-state index is -4.39. The van der Waals surface area contributed by atoms with Crippen LogP contribution in [-0.4, -0.2) is 35.6 Å². The Morgan fingerprint density at radius 1 is 0.941 bits per heavy atom. The Balaban J connectivity index is 1.56. The van der Waals surface area contributed by atoms with E-state index >= 15 is 0 Å². The fraction of sp³-hybridized carbons (Fsp3) is 0.222. The smallest absolute Gasteiger partial charge is 0.383 e. The molecule has 0 aliphatic heterocycles. The van der Waals surface area contributed by atoms with Gasteiger partial charge in [-0.25, -0.2) is 0 Å². The molecule has 0 saturated carbocycles. The van der Waals surface area contributed by atoms with E-state index in [2.05, 4.69) is 0 Å². The van der Waals surface area contributed by atoms with E-state index in [1.807, 2.05) is 65.4 Å². The maximum Gasteiger partial charge on any atom is 0.416 e. The van der Waals surface area contributed by atoms with Gasteiger partial charge in [0, 0.05) is 37.7 Å². The van der Waals surface area contributed by atoms with Crippen molar-refractivity contribution in [2.75, 3.05) is 20.3 Å². The summed E-state index contributed by atoms with van der Waals surface area (Å²) in [6.45, 7) is 1.33. The van der Waals surface area contributed by atoms with Crippen molar-refractivity contribution in [1.82, 2.24) is 9.47 Å². The van der Waals surface area contributed by atoms with Gasteiger partial charge in [-0.2, -0.15) is 13.2 Å². The topological polar surface area (TPSA) is 34.5 Å². The van der Waals surface area contributed by atoms with Crippen LogP contribution in [0.3, 0.4) is 0 Å². The molecule has 4 nitrogen and oxygen atoms in total. The minimum Gasteiger partial charge on any atom is -0.383 e. The number of carbonyl (C=O) groups excluding carboxylic acids is 1. The Hall–Kier alpha value is -3.58. The summed E-state index contributed by atoms with van der Waals surface area (Å²) in [5, 5.41) is 2.03. The molecule has 176 valence electrons. The van der Waals surface area contributed by atoms with Crippen LogP contribution in [-0.2, 0) is 24.0 Å². The Kier molecular flexibility index (Phi) is 7.03. The molecule has 34 heavy (non-hydrogen) atoms. The van der Waals surface area contributed by atoms with Gasteiger partial charge in [-0.05, 0) is 52.7 Å². The number of nitrogens with zero attached hydrogens (tertiary/aromatic N) is 2. The van der Waals surface area contributed by atoms with E-state index in [-0.39, 0.29) is 12.5 Å². The number of halogens is 3. The van der Waals surface area contributed by atoms with Crippen molar-refractivity contribution >= 4 is 16.7 Å². The summed E-state index contributed by atoms with van der Waals surface area (Å²) in [5.41, 5.74) is 1.26. The highest BCUT2D eigenvalue weighted by molar-refractivity contribution is 5.98. The standard InChI is InChI=1S/C27H25F3N2O2/c1-34-15-14-32(26(33)23-12-11-21-7-2-3-8-22(21)17-23)19-25-10-5-13-31(25)18-20-6-4-9-24(16-20)27(28,29)30/h2-13,16-17H,14-15,18-19H2,1H3. The lowest BCUT2D eigenvalue weighted by Gasteiger charge is -2.24. The molecule has 1 aromatic heterocycles. The SMILES string of the molecule is COCCN(Cc1cccn1Cc1cccc(C(F)(F)F)c1)C(=O)c1ccc2ccccc2c1. The summed E-state index contributed by atoms with van der Waals surface area (Å²) < 4.78 is 46.4. The number of methoxy groups -OCH3 is 1. The molecule has 3 aromatic carbocycles. The summed E-state index contributed by atoms with van der Waals surface area (Å²) in [6, 6.07) is 22.5. The highest BCUT2D eigenvalue weighted by Gasteiger charge is 2.30. The second kappa shape index (κ2) is 10.1. The summed E-state index contributed by atoms with van der Waals surface area (Å²) >= 11 is 0. The minimum absolute atomic E-state index is 0.130. The van der Waals surface area contributed by atoms with Crippen LogP contribution in [0.4, 0.5) is 13.2 Å². The molecule has 0 bridgehead atoms. The van der Waals surface area contributed by atoms with E-state index in [9.17, 15) is 18.0 Å². The fourth-order valence-corrected chi connectivity index (χ4v) is 3.94. The molecule has 0 aliphatic carbocycles. The monoisotopic (exact) mass is 466 g/mol. The molecule has 0 unspecified atom stereocenters. The number of hydrogen-bond donors (Lipinski definition) is 0. The Bertz CT molecular complexity index is 1280. The largest absolute Gasteiger partial charge is 0.416 e. The molecule has 1 amide bonds. The van der Waals surface area contributed by atoms with Crippen molar-refractivity contribution in [3.05, 3.63) is 107 Å². The van der Waals surface area contributed by atoms with Gasteiger partial charge in [0.15, 0.2) is 0 Å². The summed E-state index contributed by atoms with van der Waals surface area (Å²) in [5.74, 6) is -0.130. The zero-order valence-corrected chi connectivity index (χ0v) is 18.8. The maximum absolute atomic E-state index is 13.4. The number of fused-ring (bicyclic) bond motifs is 1. The first-order valence-electron chi connectivity index (χ1n) is 10.9. The number of carbonyl (C=O) groups is 1. The summed E-state index contributed by atoms with van der Waals surface area (Å²) in [6.07, 6.45) is -2.58. The lowest BCUT2D eigenvalue weighted by molar-refractivity contribution is -0.137. The van der Waals surface area contributed by atoms with Crippen LogP contribution in [0.5, 0.6) is 0 Å². The van der Waals surface area contributed by atoms with Crippen LogP contribution in [0, 0.1) is 0 Å². The molecule has 0 atom stereocenters. The van der Waals surface area contributed by atoms with Crippen LogP contribution in [0.25, 0.3) is 10.8 Å². The molecular formula is C27H25F3N2O2. The number of hydrogen-bond acceptors (Lipinski definition) is 2. The highest BCUT2D eigenvalue weighted by atomic mass is 19.4. The van der Waals surface area contributed by atoms with Crippen molar-refractivity contribution in [1.29, 1.82) is 0 Å². The highest BCUT2D eigenvalue weighted by Crippen LogP contribution is 2.30. The number of rotatable bonds is 8. The Morgan fingerprint density at radius 2 is 1.74 bits per heavy atom. The third-order valence-corrected chi connectivity index (χ3v) is 5.73. The number of benzene rings is 3. The second-order valence-electron chi connectivity index (χ2n) is 8.11. The number of alkyl halides is 3. The molecule has 0 radical (unpaired) electrons. The van der Waals surface area contributed by atoms with Crippen molar-refractivity contribution in [2.45, 2.75) is 19.3 Å². The van der Waals surface area contributed by atoms with Crippen LogP contribution >= 0.6 is 0 Å². The molecule has 0 spiro atoms. The predicted molar refractivity (Wildman–Crippen MR) is 126 cm³/mol. The van der Waals surface area contributed by atoms with Gasteiger partial charge in [-0.3, -0.25) is 4.79 Å². The third kappa shape index (κ3) is 5.48. The average Bonchev–Trinajstić information content (AvgIpc) is 3.27. The molecule has 4 rings (SSSR count). The van der Waals surface area contributed by atoms with Crippen molar-refractivity contribution in [3.8, 4) is 0 Å². The van der Waals surface area contributed by atoms with Crippen LogP contribution < -0.4 is 0 Å². The van der Waals surface area contributed by atoms with E-state index < -0.39 is 11.7 Å². The Labute approximate surface area is 196 Å². The normalized spacial score (nSPS) is 11.6. The first-order chi connectivity index (χ1) is 16.3. The van der Waals surface area contributed by atoms with Gasteiger partial charge in [-0.1, -0.05) is 42.5 Å². The maximum atomic E-state index is 13.4. The van der Waals surface area contributed by atoms with Crippen molar-refractivity contribution < 1.29 is 22.7 Å².